The van der Waals surface area contributed by atoms with Crippen molar-refractivity contribution < 1.29 is 0 Å². The summed E-state index contributed by atoms with van der Waals surface area (Å²) in [7, 11) is 0. The number of nitrogens with two attached hydrogens (primary N) is 1. The van der Waals surface area contributed by atoms with Gasteiger partial charge in [0.15, 0.2) is 0 Å². The molecule has 1 atom stereocenters. The minimum atomic E-state index is 0.382. The molecule has 0 bridgehead atoms. The highest BCUT2D eigenvalue weighted by Gasteiger charge is 2.27. The standard InChI is InChI=1S/C11H24N2/c1-4-13(10-5-6-10)8-7-11(12)9(2)3/h9-11H,4-8,12H2,1-3H3. The van der Waals surface area contributed by atoms with E-state index in [0.717, 1.165) is 12.5 Å². The van der Waals surface area contributed by atoms with Crippen molar-refractivity contribution in [3.63, 3.8) is 0 Å². The maximum atomic E-state index is 6.01. The van der Waals surface area contributed by atoms with Crippen molar-refractivity contribution in [1.29, 1.82) is 0 Å². The first kappa shape index (κ1) is 11.0. The molecule has 13 heavy (non-hydrogen) atoms. The number of hydrogen-bond donors (Lipinski definition) is 1. The van der Waals surface area contributed by atoms with E-state index in [2.05, 4.69) is 25.7 Å². The van der Waals surface area contributed by atoms with E-state index in [1.807, 2.05) is 0 Å². The fourth-order valence-electron chi connectivity index (χ4n) is 1.69. The monoisotopic (exact) mass is 184 g/mol. The second kappa shape index (κ2) is 4.97. The summed E-state index contributed by atoms with van der Waals surface area (Å²) in [4.78, 5) is 2.57. The van der Waals surface area contributed by atoms with Crippen LogP contribution in [0.5, 0.6) is 0 Å². The molecule has 1 aliphatic rings. The summed E-state index contributed by atoms with van der Waals surface area (Å²) in [5, 5.41) is 0. The van der Waals surface area contributed by atoms with E-state index in [-0.39, 0.29) is 0 Å². The molecule has 1 fully saturated rings. The van der Waals surface area contributed by atoms with E-state index in [1.165, 1.54) is 25.9 Å². The Kier molecular flexibility index (Phi) is 4.20. The number of hydrogen-bond acceptors (Lipinski definition) is 2. The maximum Gasteiger partial charge on any atom is 0.00963 e. The minimum Gasteiger partial charge on any atom is -0.327 e. The highest BCUT2D eigenvalue weighted by atomic mass is 15.2. The first-order valence-electron chi connectivity index (χ1n) is 5.64. The molecule has 0 aliphatic heterocycles. The fraction of sp³-hybridized carbons (Fsp3) is 1.00. The van der Waals surface area contributed by atoms with Crippen LogP contribution < -0.4 is 5.73 Å². The number of rotatable bonds is 6. The summed E-state index contributed by atoms with van der Waals surface area (Å²) in [5.41, 5.74) is 6.01. The van der Waals surface area contributed by atoms with Gasteiger partial charge in [0.1, 0.15) is 0 Å². The van der Waals surface area contributed by atoms with Crippen molar-refractivity contribution in [1.82, 2.24) is 4.90 Å². The van der Waals surface area contributed by atoms with Gasteiger partial charge in [0.2, 0.25) is 0 Å². The van der Waals surface area contributed by atoms with Crippen LogP contribution in [0.2, 0.25) is 0 Å². The molecular formula is C11H24N2. The molecule has 0 amide bonds. The molecule has 2 N–H and O–H groups in total. The first-order chi connectivity index (χ1) is 6.15. The van der Waals surface area contributed by atoms with Gasteiger partial charge in [0, 0.05) is 12.1 Å². The summed E-state index contributed by atoms with van der Waals surface area (Å²) in [5.74, 6) is 0.623. The van der Waals surface area contributed by atoms with Gasteiger partial charge in [-0.15, -0.1) is 0 Å². The predicted molar refractivity (Wildman–Crippen MR) is 57.7 cm³/mol. The van der Waals surface area contributed by atoms with Crippen molar-refractivity contribution in [2.24, 2.45) is 11.7 Å². The first-order valence-corrected chi connectivity index (χ1v) is 5.64. The van der Waals surface area contributed by atoms with E-state index in [0.29, 0.717) is 12.0 Å². The lowest BCUT2D eigenvalue weighted by Gasteiger charge is -2.23. The van der Waals surface area contributed by atoms with E-state index in [9.17, 15) is 0 Å². The second-order valence-electron chi connectivity index (χ2n) is 4.56. The van der Waals surface area contributed by atoms with Gasteiger partial charge in [0.05, 0.1) is 0 Å². The Labute approximate surface area is 82.5 Å². The van der Waals surface area contributed by atoms with Gasteiger partial charge in [-0.3, -0.25) is 0 Å². The van der Waals surface area contributed by atoms with E-state index < -0.39 is 0 Å². The van der Waals surface area contributed by atoms with Crippen LogP contribution in [-0.4, -0.2) is 30.1 Å². The van der Waals surface area contributed by atoms with Gasteiger partial charge in [-0.05, 0) is 38.3 Å². The van der Waals surface area contributed by atoms with E-state index in [1.54, 1.807) is 0 Å². The average Bonchev–Trinajstić information content (AvgIpc) is 2.88. The second-order valence-corrected chi connectivity index (χ2v) is 4.56. The fourth-order valence-corrected chi connectivity index (χ4v) is 1.69. The smallest absolute Gasteiger partial charge is 0.00963 e. The minimum absolute atomic E-state index is 0.382. The summed E-state index contributed by atoms with van der Waals surface area (Å²) in [6.07, 6.45) is 3.97. The van der Waals surface area contributed by atoms with Gasteiger partial charge < -0.3 is 10.6 Å². The Bertz CT molecular complexity index is 141. The zero-order chi connectivity index (χ0) is 9.84. The van der Waals surface area contributed by atoms with Crippen molar-refractivity contribution in [3.05, 3.63) is 0 Å². The van der Waals surface area contributed by atoms with Gasteiger partial charge in [-0.25, -0.2) is 0 Å². The highest BCUT2D eigenvalue weighted by Crippen LogP contribution is 2.26. The van der Waals surface area contributed by atoms with Crippen molar-refractivity contribution in [2.45, 2.75) is 52.1 Å². The van der Waals surface area contributed by atoms with Crippen LogP contribution >= 0.6 is 0 Å². The molecule has 0 radical (unpaired) electrons. The molecule has 0 heterocycles. The zero-order valence-corrected chi connectivity index (χ0v) is 9.29. The van der Waals surface area contributed by atoms with Crippen molar-refractivity contribution >= 4 is 0 Å². The molecule has 1 aliphatic carbocycles. The molecule has 0 aromatic heterocycles. The molecule has 0 saturated heterocycles. The summed E-state index contributed by atoms with van der Waals surface area (Å²) in [6, 6.07) is 1.28. The Morgan fingerprint density at radius 3 is 2.38 bits per heavy atom. The third kappa shape index (κ3) is 3.65. The lowest BCUT2D eigenvalue weighted by molar-refractivity contribution is 0.257. The normalized spacial score (nSPS) is 19.8. The van der Waals surface area contributed by atoms with Crippen LogP contribution in [0.25, 0.3) is 0 Å². The molecule has 78 valence electrons. The van der Waals surface area contributed by atoms with E-state index in [4.69, 9.17) is 5.73 Å². The quantitative estimate of drug-likeness (QED) is 0.682. The third-order valence-electron chi connectivity index (χ3n) is 3.08. The Balaban J connectivity index is 2.15. The molecule has 2 nitrogen and oxygen atoms in total. The maximum absolute atomic E-state index is 6.01. The van der Waals surface area contributed by atoms with E-state index >= 15 is 0 Å². The molecular weight excluding hydrogens is 160 g/mol. The highest BCUT2D eigenvalue weighted by molar-refractivity contribution is 4.84. The van der Waals surface area contributed by atoms with Gasteiger partial charge in [-0.2, -0.15) is 0 Å². The molecule has 0 aromatic carbocycles. The SMILES string of the molecule is CCN(CCC(N)C(C)C)C1CC1. The topological polar surface area (TPSA) is 29.3 Å². The van der Waals surface area contributed by atoms with Crippen LogP contribution in [0.1, 0.15) is 40.0 Å². The van der Waals surface area contributed by atoms with Crippen LogP contribution in [0.15, 0.2) is 0 Å². The molecule has 1 unspecified atom stereocenters. The molecule has 0 spiro atoms. The van der Waals surface area contributed by atoms with Crippen LogP contribution in [0, 0.1) is 5.92 Å². The molecule has 0 aromatic rings. The van der Waals surface area contributed by atoms with Gasteiger partial charge in [0.25, 0.3) is 0 Å². The lowest BCUT2D eigenvalue weighted by atomic mass is 10.0. The van der Waals surface area contributed by atoms with Crippen LogP contribution in [-0.2, 0) is 0 Å². The molecule has 1 rings (SSSR count). The number of nitrogens with zero attached hydrogens (tertiary/aromatic N) is 1. The van der Waals surface area contributed by atoms with Crippen molar-refractivity contribution in [2.75, 3.05) is 13.1 Å². The largest absolute Gasteiger partial charge is 0.327 e. The zero-order valence-electron chi connectivity index (χ0n) is 9.29. The molecule has 1 saturated carbocycles. The average molecular weight is 184 g/mol. The van der Waals surface area contributed by atoms with Gasteiger partial charge >= 0.3 is 0 Å². The van der Waals surface area contributed by atoms with Crippen LogP contribution in [0.3, 0.4) is 0 Å². The summed E-state index contributed by atoms with van der Waals surface area (Å²) >= 11 is 0. The predicted octanol–water partition coefficient (Wildman–Crippen LogP) is 1.84. The summed E-state index contributed by atoms with van der Waals surface area (Å²) < 4.78 is 0. The third-order valence-corrected chi connectivity index (χ3v) is 3.08. The van der Waals surface area contributed by atoms with Gasteiger partial charge in [-0.1, -0.05) is 20.8 Å². The summed E-state index contributed by atoms with van der Waals surface area (Å²) in [6.45, 7) is 9.05. The Morgan fingerprint density at radius 1 is 1.38 bits per heavy atom. The Hall–Kier alpha value is -0.0800. The van der Waals surface area contributed by atoms with Crippen molar-refractivity contribution in [3.8, 4) is 0 Å². The van der Waals surface area contributed by atoms with Crippen LogP contribution in [0.4, 0.5) is 0 Å². The molecule has 2 heteroatoms. The lowest BCUT2D eigenvalue weighted by Crippen LogP contribution is -2.34. The Morgan fingerprint density at radius 2 is 2.00 bits per heavy atom.